The number of aromatic nitrogens is 1. The van der Waals surface area contributed by atoms with Crippen LogP contribution in [0.1, 0.15) is 36.0 Å². The lowest BCUT2D eigenvalue weighted by Gasteiger charge is -2.32. The Labute approximate surface area is 139 Å². The Balaban J connectivity index is 1.64. The second kappa shape index (κ2) is 6.83. The third-order valence-corrected chi connectivity index (χ3v) is 4.79. The summed E-state index contributed by atoms with van der Waals surface area (Å²) in [5.41, 5.74) is 0.0469. The second-order valence-electron chi connectivity index (χ2n) is 6.26. The van der Waals surface area contributed by atoms with Gasteiger partial charge in [0.25, 0.3) is 5.91 Å². The highest BCUT2D eigenvalue weighted by Crippen LogP contribution is 2.28. The molecule has 1 saturated carbocycles. The largest absolute Gasteiger partial charge is 0.356 e. The minimum absolute atomic E-state index is 0.00198. The first-order chi connectivity index (χ1) is 11.1. The van der Waals surface area contributed by atoms with E-state index in [-0.39, 0.29) is 28.3 Å². The van der Waals surface area contributed by atoms with Gasteiger partial charge in [0.15, 0.2) is 5.82 Å². The molecule has 1 N–H and O–H groups in total. The molecule has 1 atom stereocenters. The highest BCUT2D eigenvalue weighted by Gasteiger charge is 2.31. The average Bonchev–Trinajstić information content (AvgIpc) is 3.39. The van der Waals surface area contributed by atoms with Gasteiger partial charge >= 0.3 is 0 Å². The van der Waals surface area contributed by atoms with Crippen molar-refractivity contribution in [1.82, 2.24) is 15.2 Å². The number of carbonyl (C=O) groups is 2. The fraction of sp³-hybridized carbons (Fsp3) is 0.562. The van der Waals surface area contributed by atoms with E-state index >= 15 is 0 Å². The number of pyridine rings is 1. The molecule has 0 aromatic carbocycles. The monoisotopic (exact) mass is 339 g/mol. The fourth-order valence-electron chi connectivity index (χ4n) is 2.83. The molecule has 2 amide bonds. The van der Waals surface area contributed by atoms with Crippen molar-refractivity contribution in [3.8, 4) is 0 Å². The Kier molecular flexibility index (Phi) is 4.80. The number of piperidine rings is 1. The summed E-state index contributed by atoms with van der Waals surface area (Å²) in [5.74, 6) is -0.683. The van der Waals surface area contributed by atoms with E-state index in [1.165, 1.54) is 19.0 Å². The molecule has 1 aromatic heterocycles. The van der Waals surface area contributed by atoms with E-state index in [0.29, 0.717) is 19.0 Å². The van der Waals surface area contributed by atoms with Crippen molar-refractivity contribution in [2.75, 3.05) is 19.6 Å². The molecule has 23 heavy (non-hydrogen) atoms. The highest BCUT2D eigenvalue weighted by molar-refractivity contribution is 6.33. The quantitative estimate of drug-likeness (QED) is 0.915. The van der Waals surface area contributed by atoms with Crippen LogP contribution in [-0.2, 0) is 4.79 Å². The maximum Gasteiger partial charge on any atom is 0.257 e. The summed E-state index contributed by atoms with van der Waals surface area (Å²) in [4.78, 5) is 30.0. The Morgan fingerprint density at radius 3 is 2.87 bits per heavy atom. The molecule has 1 aliphatic heterocycles. The van der Waals surface area contributed by atoms with E-state index < -0.39 is 5.82 Å². The summed E-state index contributed by atoms with van der Waals surface area (Å²) >= 11 is 5.86. The normalized spacial score (nSPS) is 21.1. The van der Waals surface area contributed by atoms with Crippen molar-refractivity contribution in [2.45, 2.75) is 25.7 Å². The van der Waals surface area contributed by atoms with E-state index in [1.807, 2.05) is 0 Å². The number of hydrogen-bond acceptors (Lipinski definition) is 3. The maximum atomic E-state index is 13.5. The zero-order valence-corrected chi connectivity index (χ0v) is 13.5. The van der Waals surface area contributed by atoms with Gasteiger partial charge in [0.05, 0.1) is 22.7 Å². The van der Waals surface area contributed by atoms with E-state index in [0.717, 1.165) is 25.6 Å². The van der Waals surface area contributed by atoms with Gasteiger partial charge in [-0.3, -0.25) is 14.6 Å². The molecular weight excluding hydrogens is 321 g/mol. The van der Waals surface area contributed by atoms with Gasteiger partial charge in [-0.25, -0.2) is 4.39 Å². The van der Waals surface area contributed by atoms with Crippen LogP contribution in [0.4, 0.5) is 4.39 Å². The first-order valence-electron chi connectivity index (χ1n) is 7.92. The molecule has 1 saturated heterocycles. The third kappa shape index (κ3) is 3.80. The van der Waals surface area contributed by atoms with Crippen molar-refractivity contribution in [2.24, 2.45) is 11.8 Å². The van der Waals surface area contributed by atoms with Gasteiger partial charge in [0.1, 0.15) is 0 Å². The van der Waals surface area contributed by atoms with E-state index in [1.54, 1.807) is 4.90 Å². The molecule has 1 aromatic rings. The van der Waals surface area contributed by atoms with Crippen molar-refractivity contribution < 1.29 is 14.0 Å². The Bertz CT molecular complexity index is 621. The van der Waals surface area contributed by atoms with Crippen LogP contribution in [-0.4, -0.2) is 41.3 Å². The SMILES string of the molecule is O=C(NCC1CC1)C1CCCN(C(=O)c2cncc(F)c2Cl)C1. The predicted molar refractivity (Wildman–Crippen MR) is 83.6 cm³/mol. The molecule has 3 rings (SSSR count). The van der Waals surface area contributed by atoms with Crippen molar-refractivity contribution in [1.29, 1.82) is 0 Å². The van der Waals surface area contributed by atoms with Crippen LogP contribution in [0.5, 0.6) is 0 Å². The zero-order valence-electron chi connectivity index (χ0n) is 12.7. The maximum absolute atomic E-state index is 13.5. The number of hydrogen-bond donors (Lipinski definition) is 1. The summed E-state index contributed by atoms with van der Waals surface area (Å²) in [6.07, 6.45) is 6.11. The smallest absolute Gasteiger partial charge is 0.257 e. The van der Waals surface area contributed by atoms with Crippen LogP contribution in [0.2, 0.25) is 5.02 Å². The lowest BCUT2D eigenvalue weighted by molar-refractivity contribution is -0.126. The van der Waals surface area contributed by atoms with Crippen molar-refractivity contribution in [3.63, 3.8) is 0 Å². The molecule has 0 spiro atoms. The number of carbonyl (C=O) groups excluding carboxylic acids is 2. The highest BCUT2D eigenvalue weighted by atomic mass is 35.5. The summed E-state index contributed by atoms with van der Waals surface area (Å²) < 4.78 is 13.5. The average molecular weight is 340 g/mol. The molecule has 1 unspecified atom stereocenters. The van der Waals surface area contributed by atoms with Gasteiger partial charge in [-0.2, -0.15) is 0 Å². The summed E-state index contributed by atoms with van der Waals surface area (Å²) in [7, 11) is 0. The Morgan fingerprint density at radius 2 is 2.13 bits per heavy atom. The van der Waals surface area contributed by atoms with Crippen molar-refractivity contribution in [3.05, 3.63) is 28.8 Å². The number of nitrogens with one attached hydrogen (secondary N) is 1. The van der Waals surface area contributed by atoms with Crippen LogP contribution < -0.4 is 5.32 Å². The van der Waals surface area contributed by atoms with Crippen LogP contribution in [0.3, 0.4) is 0 Å². The van der Waals surface area contributed by atoms with Crippen LogP contribution in [0.15, 0.2) is 12.4 Å². The van der Waals surface area contributed by atoms with Crippen LogP contribution in [0, 0.1) is 17.7 Å². The van der Waals surface area contributed by atoms with Gasteiger partial charge in [0.2, 0.25) is 5.91 Å². The molecule has 0 radical (unpaired) electrons. The lowest BCUT2D eigenvalue weighted by atomic mass is 9.96. The Hall–Kier alpha value is -1.69. The number of rotatable bonds is 4. The van der Waals surface area contributed by atoms with E-state index in [2.05, 4.69) is 10.3 Å². The third-order valence-electron chi connectivity index (χ3n) is 4.41. The molecular formula is C16H19ClFN3O2. The molecule has 1 aliphatic carbocycles. The lowest BCUT2D eigenvalue weighted by Crippen LogP contribution is -2.45. The molecule has 2 fully saturated rings. The summed E-state index contributed by atoms with van der Waals surface area (Å²) in [6.45, 7) is 1.60. The number of amides is 2. The standard InChI is InChI=1S/C16H19ClFN3O2/c17-14-12(7-19-8-13(14)18)16(23)21-5-1-2-11(9-21)15(22)20-6-10-3-4-10/h7-8,10-11H,1-6,9H2,(H,20,22). The van der Waals surface area contributed by atoms with Gasteiger partial charge in [0, 0.05) is 25.8 Å². The van der Waals surface area contributed by atoms with Gasteiger partial charge in [-0.05, 0) is 31.6 Å². The molecule has 5 nitrogen and oxygen atoms in total. The fourth-order valence-corrected chi connectivity index (χ4v) is 3.00. The minimum atomic E-state index is -0.715. The minimum Gasteiger partial charge on any atom is -0.356 e. The topological polar surface area (TPSA) is 62.3 Å². The molecule has 7 heteroatoms. The van der Waals surface area contributed by atoms with E-state index in [4.69, 9.17) is 11.6 Å². The van der Waals surface area contributed by atoms with E-state index in [9.17, 15) is 14.0 Å². The molecule has 0 bridgehead atoms. The van der Waals surface area contributed by atoms with Gasteiger partial charge < -0.3 is 10.2 Å². The number of likely N-dealkylation sites (tertiary alicyclic amines) is 1. The molecule has 2 aliphatic rings. The first kappa shape index (κ1) is 16.2. The summed E-state index contributed by atoms with van der Waals surface area (Å²) in [6, 6.07) is 0. The molecule has 124 valence electrons. The number of halogens is 2. The second-order valence-corrected chi connectivity index (χ2v) is 6.64. The van der Waals surface area contributed by atoms with Gasteiger partial charge in [-0.1, -0.05) is 11.6 Å². The summed E-state index contributed by atoms with van der Waals surface area (Å²) in [5, 5.41) is 2.74. The zero-order chi connectivity index (χ0) is 16.4. The Morgan fingerprint density at radius 1 is 1.35 bits per heavy atom. The predicted octanol–water partition coefficient (Wildman–Crippen LogP) is 2.25. The number of nitrogens with zero attached hydrogens (tertiary/aromatic N) is 2. The molecule has 2 heterocycles. The van der Waals surface area contributed by atoms with Crippen LogP contribution >= 0.6 is 11.6 Å². The van der Waals surface area contributed by atoms with Crippen LogP contribution in [0.25, 0.3) is 0 Å². The first-order valence-corrected chi connectivity index (χ1v) is 8.30. The van der Waals surface area contributed by atoms with Gasteiger partial charge in [-0.15, -0.1) is 0 Å². The van der Waals surface area contributed by atoms with Crippen molar-refractivity contribution >= 4 is 23.4 Å².